The van der Waals surface area contributed by atoms with E-state index in [0.717, 1.165) is 0 Å². The van der Waals surface area contributed by atoms with Gasteiger partial charge in [0.1, 0.15) is 0 Å². The van der Waals surface area contributed by atoms with Gasteiger partial charge in [0.25, 0.3) is 0 Å². The van der Waals surface area contributed by atoms with Gasteiger partial charge in [-0.25, -0.2) is 0 Å². The molecule has 0 heterocycles. The molecule has 0 saturated heterocycles. The summed E-state index contributed by atoms with van der Waals surface area (Å²) >= 11 is 0. The standard InChI is InChI=1S/BrH.ClH.Cu.2Na.H2O4S.2H/c;;;;;1-5(2,3)4;;/h2*1H;;;;(H2,1,2,3,4);;. The molecule has 0 aromatic carbocycles. The van der Waals surface area contributed by atoms with Gasteiger partial charge in [0.2, 0.25) is 0 Å². The van der Waals surface area contributed by atoms with Crippen LogP contribution in [0.25, 0.3) is 0 Å². The van der Waals surface area contributed by atoms with Gasteiger partial charge in [-0.05, 0) is 0 Å². The molecule has 0 rings (SSSR count). The summed E-state index contributed by atoms with van der Waals surface area (Å²) in [5.74, 6) is 0. The van der Waals surface area contributed by atoms with Crippen LogP contribution in [-0.4, -0.2) is 76.6 Å². The van der Waals surface area contributed by atoms with E-state index in [1.807, 2.05) is 0 Å². The molecule has 0 unspecified atom stereocenters. The van der Waals surface area contributed by atoms with Crippen molar-refractivity contribution in [3.8, 4) is 0 Å². The fraction of sp³-hybridized carbons (Fsp3) is 0. The van der Waals surface area contributed by atoms with E-state index in [9.17, 15) is 0 Å². The van der Waals surface area contributed by atoms with Crippen LogP contribution in [0.2, 0.25) is 0 Å². The quantitative estimate of drug-likeness (QED) is 0.444. The molecule has 0 aliphatic rings. The first-order valence-electron chi connectivity index (χ1n) is 0.698. The Kier molecular flexibility index (Phi) is 68.5. The first kappa shape index (κ1) is 38.0. The van der Waals surface area contributed by atoms with Crippen LogP contribution in [0.15, 0.2) is 0 Å². The number of halogens is 2. The minimum absolute atomic E-state index is 0. The van der Waals surface area contributed by atoms with E-state index < -0.39 is 10.4 Å². The van der Waals surface area contributed by atoms with E-state index in [0.29, 0.717) is 0 Å². The third-order valence-corrected chi connectivity index (χ3v) is 0. The third kappa shape index (κ3) is 115. The molecule has 0 amide bonds. The molecule has 0 aromatic rings. The van der Waals surface area contributed by atoms with Gasteiger partial charge in [-0.1, -0.05) is 0 Å². The van der Waals surface area contributed by atoms with Crippen LogP contribution >= 0.6 is 29.4 Å². The van der Waals surface area contributed by atoms with Crippen molar-refractivity contribution in [2.24, 2.45) is 0 Å². The molecule has 0 saturated carbocycles. The summed E-state index contributed by atoms with van der Waals surface area (Å²) in [5.41, 5.74) is 0. The van der Waals surface area contributed by atoms with Crippen LogP contribution in [0.5, 0.6) is 0 Å². The average molecular weight is 327 g/mol. The zero-order valence-electron chi connectivity index (χ0n) is 3.24. The summed E-state index contributed by atoms with van der Waals surface area (Å²) in [6, 6.07) is 0. The Morgan fingerprint density at radius 3 is 1.00 bits per heavy atom. The van der Waals surface area contributed by atoms with E-state index in [1.54, 1.807) is 0 Å². The molecule has 0 bridgehead atoms. The van der Waals surface area contributed by atoms with Crippen molar-refractivity contribution in [2.45, 2.75) is 0 Å². The molecule has 0 fully saturated rings. The van der Waals surface area contributed by atoms with Crippen LogP contribution < -0.4 is 0 Å². The predicted octanol–water partition coefficient (Wildman–Crippen LogP) is -0.953. The molecular weight excluding hydrogens is 321 g/mol. The number of hydrogen-bond acceptors (Lipinski definition) is 2. The zero-order valence-corrected chi connectivity index (χ0v) is 7.52. The Labute approximate surface area is 131 Å². The van der Waals surface area contributed by atoms with Gasteiger partial charge < -0.3 is 0 Å². The van der Waals surface area contributed by atoms with Crippen LogP contribution in [0.4, 0.5) is 0 Å². The maximum absolute atomic E-state index is 8.74. The number of hydrogen-bond donors (Lipinski definition) is 2. The molecule has 0 spiro atoms. The van der Waals surface area contributed by atoms with Crippen LogP contribution in [0, 0.1) is 0 Å². The topological polar surface area (TPSA) is 74.6 Å². The first-order valence-corrected chi connectivity index (χ1v) is 2.10. The summed E-state index contributed by atoms with van der Waals surface area (Å²) < 4.78 is 31.6. The van der Waals surface area contributed by atoms with Crippen molar-refractivity contribution >= 4 is 98.9 Å². The van der Waals surface area contributed by atoms with Gasteiger partial charge >= 0.3 is 69.5 Å². The Morgan fingerprint density at radius 1 is 1.00 bits per heavy atom. The van der Waals surface area contributed by atoms with Crippen molar-refractivity contribution in [3.05, 3.63) is 0 Å². The van der Waals surface area contributed by atoms with Gasteiger partial charge in [0.15, 0.2) is 0 Å². The molecule has 0 aliphatic heterocycles. The van der Waals surface area contributed by atoms with Gasteiger partial charge in [-0.2, -0.15) is 8.42 Å². The van der Waals surface area contributed by atoms with Crippen LogP contribution in [0.1, 0.15) is 0 Å². The van der Waals surface area contributed by atoms with E-state index >= 15 is 0 Å². The summed E-state index contributed by atoms with van der Waals surface area (Å²) in [4.78, 5) is 0. The maximum atomic E-state index is 8.74. The summed E-state index contributed by atoms with van der Waals surface area (Å²) in [6.07, 6.45) is 0. The third-order valence-electron chi connectivity index (χ3n) is 0. The molecule has 0 aliphatic carbocycles. The first-order chi connectivity index (χ1) is 2.00. The van der Waals surface area contributed by atoms with Crippen molar-refractivity contribution in [2.75, 3.05) is 0 Å². The second-order valence-electron chi connectivity index (χ2n) is 0.448. The predicted molar refractivity (Wildman–Crippen MR) is 46.0 cm³/mol. The molecule has 10 heavy (non-hydrogen) atoms. The minimum atomic E-state index is -4.67. The van der Waals surface area contributed by atoms with E-state index in [2.05, 4.69) is 0 Å². The summed E-state index contributed by atoms with van der Waals surface area (Å²) in [5, 5.41) is 0. The van der Waals surface area contributed by atoms with Crippen molar-refractivity contribution in [1.29, 1.82) is 0 Å². The summed E-state index contributed by atoms with van der Waals surface area (Å²) in [7, 11) is -4.67. The molecule has 63 valence electrons. The Morgan fingerprint density at radius 2 is 1.00 bits per heavy atom. The molecule has 0 atom stereocenters. The van der Waals surface area contributed by atoms with Gasteiger partial charge in [-0.15, -0.1) is 29.4 Å². The molecule has 10 heteroatoms. The van der Waals surface area contributed by atoms with Crippen molar-refractivity contribution in [3.63, 3.8) is 0 Å². The molecule has 2 N–H and O–H groups in total. The van der Waals surface area contributed by atoms with E-state index in [1.165, 1.54) is 0 Å². The zero-order chi connectivity index (χ0) is 4.50. The van der Waals surface area contributed by atoms with Gasteiger partial charge in [0, 0.05) is 17.1 Å². The fourth-order valence-corrected chi connectivity index (χ4v) is 0. The van der Waals surface area contributed by atoms with Crippen molar-refractivity contribution in [1.82, 2.24) is 0 Å². The SMILES string of the molecule is Br.Cl.O=S(=O)(O)O.[Cu].[NaH].[NaH]. The molecular formula is H6BrClCuNa2O4S. The molecule has 4 nitrogen and oxygen atoms in total. The van der Waals surface area contributed by atoms with Gasteiger partial charge in [0.05, 0.1) is 0 Å². The normalized spacial score (nSPS) is 5.80. The van der Waals surface area contributed by atoms with Crippen molar-refractivity contribution < 1.29 is 34.6 Å². The van der Waals surface area contributed by atoms with Crippen LogP contribution in [0.3, 0.4) is 0 Å². The molecule has 0 aromatic heterocycles. The molecule has 1 radical (unpaired) electrons. The van der Waals surface area contributed by atoms with Crippen LogP contribution in [-0.2, 0) is 27.5 Å². The second kappa shape index (κ2) is 18.0. The van der Waals surface area contributed by atoms with E-state index in [-0.39, 0.29) is 106 Å². The Hall–Kier alpha value is 3.16. The Balaban J connectivity index is -0.00000000800. The summed E-state index contributed by atoms with van der Waals surface area (Å²) in [6.45, 7) is 0. The van der Waals surface area contributed by atoms with Gasteiger partial charge in [-0.3, -0.25) is 9.11 Å². The number of rotatable bonds is 0. The second-order valence-corrected chi connectivity index (χ2v) is 1.34. The monoisotopic (exact) mass is 325 g/mol. The fourth-order valence-electron chi connectivity index (χ4n) is 0. The average Bonchev–Trinajstić information content (AvgIpc) is 0.722. The Bertz CT molecular complexity index is 106. The van der Waals surface area contributed by atoms with E-state index in [4.69, 9.17) is 17.5 Å².